The summed E-state index contributed by atoms with van der Waals surface area (Å²) in [6, 6.07) is 7.18. The van der Waals surface area contributed by atoms with Crippen LogP contribution in [-0.2, 0) is 0 Å². The summed E-state index contributed by atoms with van der Waals surface area (Å²) in [7, 11) is 4.14. The molecule has 0 aliphatic heterocycles. The number of hydrogen-bond acceptors (Lipinski definition) is 2. The average Bonchev–Trinajstić information content (AvgIpc) is 2.16. The van der Waals surface area contributed by atoms with Crippen molar-refractivity contribution in [2.45, 2.75) is 26.8 Å². The third-order valence-corrected chi connectivity index (χ3v) is 2.69. The third kappa shape index (κ3) is 3.56. The first-order valence-corrected chi connectivity index (χ1v) is 5.49. The molecular weight excluding hydrogens is 184 g/mol. The molecular formula is C13H22N2. The van der Waals surface area contributed by atoms with E-state index in [0.717, 1.165) is 6.54 Å². The van der Waals surface area contributed by atoms with Crippen LogP contribution in [0.3, 0.4) is 0 Å². The highest BCUT2D eigenvalue weighted by Gasteiger charge is 2.05. The van der Waals surface area contributed by atoms with Crippen molar-refractivity contribution >= 4 is 5.69 Å². The van der Waals surface area contributed by atoms with Crippen molar-refractivity contribution in [3.8, 4) is 0 Å². The Morgan fingerprint density at radius 1 is 1.20 bits per heavy atom. The van der Waals surface area contributed by atoms with Crippen LogP contribution in [0.25, 0.3) is 0 Å². The molecule has 0 saturated heterocycles. The van der Waals surface area contributed by atoms with Gasteiger partial charge in [0.1, 0.15) is 0 Å². The molecule has 15 heavy (non-hydrogen) atoms. The zero-order valence-corrected chi connectivity index (χ0v) is 10.5. The lowest BCUT2D eigenvalue weighted by Crippen LogP contribution is -2.35. The second-order valence-electron chi connectivity index (χ2n) is 4.42. The lowest BCUT2D eigenvalue weighted by molar-refractivity contribution is 0.605. The highest BCUT2D eigenvalue weighted by Crippen LogP contribution is 2.17. The zero-order chi connectivity index (χ0) is 11.4. The molecule has 2 nitrogen and oxygen atoms in total. The van der Waals surface area contributed by atoms with Gasteiger partial charge in [0.2, 0.25) is 0 Å². The van der Waals surface area contributed by atoms with E-state index in [0.29, 0.717) is 6.04 Å². The zero-order valence-electron chi connectivity index (χ0n) is 10.5. The molecule has 0 saturated carbocycles. The fourth-order valence-electron chi connectivity index (χ4n) is 1.78. The minimum Gasteiger partial charge on any atom is -0.373 e. The fourth-order valence-corrected chi connectivity index (χ4v) is 1.78. The minimum absolute atomic E-state index is 0.510. The molecule has 1 aromatic carbocycles. The first-order valence-electron chi connectivity index (χ1n) is 5.49. The summed E-state index contributed by atoms with van der Waals surface area (Å²) < 4.78 is 0. The number of likely N-dealkylation sites (N-methyl/N-ethyl adjacent to an activating group) is 2. The topological polar surface area (TPSA) is 15.3 Å². The number of nitrogens with one attached hydrogen (secondary N) is 1. The van der Waals surface area contributed by atoms with E-state index in [-0.39, 0.29) is 0 Å². The molecule has 0 spiro atoms. The number of nitrogens with zero attached hydrogens (tertiary/aromatic N) is 1. The first kappa shape index (κ1) is 12.1. The van der Waals surface area contributed by atoms with Gasteiger partial charge in [-0.05, 0) is 51.1 Å². The van der Waals surface area contributed by atoms with E-state index in [4.69, 9.17) is 0 Å². The minimum atomic E-state index is 0.510. The van der Waals surface area contributed by atoms with Gasteiger partial charge in [-0.1, -0.05) is 6.07 Å². The SMILES string of the molecule is CNC(C)CN(C)c1cc(C)cc(C)c1. The second kappa shape index (κ2) is 5.17. The van der Waals surface area contributed by atoms with Gasteiger partial charge in [0.15, 0.2) is 0 Å². The van der Waals surface area contributed by atoms with E-state index in [9.17, 15) is 0 Å². The molecule has 2 heteroatoms. The van der Waals surface area contributed by atoms with E-state index in [1.165, 1.54) is 16.8 Å². The molecule has 0 radical (unpaired) electrons. The van der Waals surface area contributed by atoms with Crippen LogP contribution in [0.5, 0.6) is 0 Å². The van der Waals surface area contributed by atoms with Crippen LogP contribution in [-0.4, -0.2) is 26.7 Å². The molecule has 1 unspecified atom stereocenters. The van der Waals surface area contributed by atoms with Crippen LogP contribution in [0.4, 0.5) is 5.69 Å². The Morgan fingerprint density at radius 2 is 1.73 bits per heavy atom. The maximum atomic E-state index is 3.25. The van der Waals surface area contributed by atoms with Gasteiger partial charge in [0, 0.05) is 25.3 Å². The van der Waals surface area contributed by atoms with E-state index >= 15 is 0 Å². The van der Waals surface area contributed by atoms with Gasteiger partial charge >= 0.3 is 0 Å². The van der Waals surface area contributed by atoms with E-state index < -0.39 is 0 Å². The summed E-state index contributed by atoms with van der Waals surface area (Å²) in [5.74, 6) is 0. The van der Waals surface area contributed by atoms with Gasteiger partial charge in [-0.2, -0.15) is 0 Å². The van der Waals surface area contributed by atoms with E-state index in [1.54, 1.807) is 0 Å². The molecule has 0 heterocycles. The van der Waals surface area contributed by atoms with Gasteiger partial charge in [0.25, 0.3) is 0 Å². The molecule has 1 rings (SSSR count). The molecule has 84 valence electrons. The highest BCUT2D eigenvalue weighted by atomic mass is 15.1. The predicted octanol–water partition coefficient (Wildman–Crippen LogP) is 2.35. The maximum absolute atomic E-state index is 3.25. The Hall–Kier alpha value is -1.02. The Kier molecular flexibility index (Phi) is 4.15. The number of anilines is 1. The summed E-state index contributed by atoms with van der Waals surface area (Å²) in [6.07, 6.45) is 0. The van der Waals surface area contributed by atoms with Gasteiger partial charge in [-0.15, -0.1) is 0 Å². The van der Waals surface area contributed by atoms with Crippen LogP contribution in [0.1, 0.15) is 18.1 Å². The number of hydrogen-bond donors (Lipinski definition) is 1. The normalized spacial score (nSPS) is 12.6. The summed E-state index contributed by atoms with van der Waals surface area (Å²) >= 11 is 0. The Balaban J connectivity index is 2.77. The van der Waals surface area contributed by atoms with Crippen LogP contribution < -0.4 is 10.2 Å². The molecule has 0 aliphatic rings. The molecule has 0 fully saturated rings. The molecule has 0 aliphatic carbocycles. The first-order chi connectivity index (χ1) is 7.02. The average molecular weight is 206 g/mol. The van der Waals surface area contributed by atoms with Gasteiger partial charge in [0.05, 0.1) is 0 Å². The molecule has 0 bridgehead atoms. The molecule has 0 amide bonds. The smallest absolute Gasteiger partial charge is 0.0369 e. The second-order valence-corrected chi connectivity index (χ2v) is 4.42. The summed E-state index contributed by atoms with van der Waals surface area (Å²) in [6.45, 7) is 7.51. The maximum Gasteiger partial charge on any atom is 0.0369 e. The van der Waals surface area contributed by atoms with Crippen LogP contribution in [0.2, 0.25) is 0 Å². The number of rotatable bonds is 4. The van der Waals surface area contributed by atoms with E-state index in [2.05, 4.69) is 56.2 Å². The van der Waals surface area contributed by atoms with Crippen molar-refractivity contribution < 1.29 is 0 Å². The van der Waals surface area contributed by atoms with Crippen molar-refractivity contribution in [2.24, 2.45) is 0 Å². The van der Waals surface area contributed by atoms with Gasteiger partial charge < -0.3 is 10.2 Å². The fraction of sp³-hybridized carbons (Fsp3) is 0.538. The lowest BCUT2D eigenvalue weighted by Gasteiger charge is -2.24. The lowest BCUT2D eigenvalue weighted by atomic mass is 10.1. The largest absolute Gasteiger partial charge is 0.373 e. The Morgan fingerprint density at radius 3 is 2.20 bits per heavy atom. The van der Waals surface area contributed by atoms with Gasteiger partial charge in [-0.3, -0.25) is 0 Å². The van der Waals surface area contributed by atoms with Crippen molar-refractivity contribution in [3.63, 3.8) is 0 Å². The van der Waals surface area contributed by atoms with Crippen molar-refractivity contribution in [2.75, 3.05) is 25.5 Å². The van der Waals surface area contributed by atoms with Crippen LogP contribution in [0.15, 0.2) is 18.2 Å². The molecule has 1 atom stereocenters. The van der Waals surface area contributed by atoms with Crippen molar-refractivity contribution in [1.29, 1.82) is 0 Å². The Labute approximate surface area is 93.3 Å². The standard InChI is InChI=1S/C13H22N2/c1-10-6-11(2)8-13(7-10)15(5)9-12(3)14-4/h6-8,12,14H,9H2,1-5H3. The van der Waals surface area contributed by atoms with E-state index in [1.807, 2.05) is 7.05 Å². The van der Waals surface area contributed by atoms with Crippen LogP contribution >= 0.6 is 0 Å². The molecule has 1 aromatic rings. The van der Waals surface area contributed by atoms with Crippen molar-refractivity contribution in [3.05, 3.63) is 29.3 Å². The summed E-state index contributed by atoms with van der Waals surface area (Å²) in [5, 5.41) is 3.25. The van der Waals surface area contributed by atoms with Crippen LogP contribution in [0, 0.1) is 13.8 Å². The quantitative estimate of drug-likeness (QED) is 0.813. The Bertz CT molecular complexity index is 300. The third-order valence-electron chi connectivity index (χ3n) is 2.69. The number of benzene rings is 1. The highest BCUT2D eigenvalue weighted by molar-refractivity contribution is 5.50. The summed E-state index contributed by atoms with van der Waals surface area (Å²) in [5.41, 5.74) is 3.96. The number of aryl methyl sites for hydroxylation is 2. The monoisotopic (exact) mass is 206 g/mol. The summed E-state index contributed by atoms with van der Waals surface area (Å²) in [4.78, 5) is 2.29. The van der Waals surface area contributed by atoms with Crippen molar-refractivity contribution in [1.82, 2.24) is 5.32 Å². The predicted molar refractivity (Wildman–Crippen MR) is 67.7 cm³/mol. The molecule has 1 N–H and O–H groups in total. The van der Waals surface area contributed by atoms with Gasteiger partial charge in [-0.25, -0.2) is 0 Å². The molecule has 0 aromatic heterocycles.